The van der Waals surface area contributed by atoms with Gasteiger partial charge in [0.2, 0.25) is 5.91 Å². The second kappa shape index (κ2) is 7.63. The minimum Gasteiger partial charge on any atom is -0.495 e. The molecule has 1 saturated heterocycles. The first-order chi connectivity index (χ1) is 13.5. The number of nitrogens with one attached hydrogen (secondary N) is 1. The third-order valence-corrected chi connectivity index (χ3v) is 5.24. The third kappa shape index (κ3) is 3.60. The van der Waals surface area contributed by atoms with E-state index >= 15 is 0 Å². The lowest BCUT2D eigenvalue weighted by Gasteiger charge is -2.32. The average molecular weight is 401 g/mol. The fourth-order valence-electron chi connectivity index (χ4n) is 3.44. The number of halogens is 1. The molecular weight excluding hydrogens is 380 g/mol. The summed E-state index contributed by atoms with van der Waals surface area (Å²) in [5.41, 5.74) is 1.37. The molecule has 3 heterocycles. The van der Waals surface area contributed by atoms with Gasteiger partial charge in [-0.05, 0) is 50.1 Å². The van der Waals surface area contributed by atoms with Gasteiger partial charge in [0, 0.05) is 18.8 Å². The molecule has 1 amide bonds. The molecule has 8 nitrogen and oxygen atoms in total. The predicted molar refractivity (Wildman–Crippen MR) is 107 cm³/mol. The summed E-state index contributed by atoms with van der Waals surface area (Å²) in [5, 5.41) is 16.1. The Morgan fingerprint density at radius 2 is 2.14 bits per heavy atom. The zero-order chi connectivity index (χ0) is 19.7. The number of benzene rings is 1. The smallest absolute Gasteiger partial charge is 0.229 e. The highest BCUT2D eigenvalue weighted by Gasteiger charge is 2.27. The van der Waals surface area contributed by atoms with E-state index in [2.05, 4.69) is 25.5 Å². The standard InChI is InChI=1S/C19H21ClN6O2/c1-12-22-23-17-7-8-18(24-26(12)17)25-9-3-4-13(11-25)19(27)21-14-5-6-16(28-2)15(20)10-14/h5-8,10,13H,3-4,9,11H2,1-2H3,(H,21,27)/t13-/m1/s1. The molecule has 0 aliphatic carbocycles. The number of rotatable bonds is 4. The number of carbonyl (C=O) groups is 1. The lowest BCUT2D eigenvalue weighted by Crippen LogP contribution is -2.41. The second-order valence-corrected chi connectivity index (χ2v) is 7.24. The van der Waals surface area contributed by atoms with E-state index in [-0.39, 0.29) is 11.8 Å². The quantitative estimate of drug-likeness (QED) is 0.724. The van der Waals surface area contributed by atoms with Gasteiger partial charge < -0.3 is 15.0 Å². The van der Waals surface area contributed by atoms with Crippen LogP contribution in [0.1, 0.15) is 18.7 Å². The average Bonchev–Trinajstić information content (AvgIpc) is 3.08. The molecule has 1 atom stereocenters. The number of piperidine rings is 1. The Bertz CT molecular complexity index is 1020. The SMILES string of the molecule is COc1ccc(NC(=O)[C@@H]2CCCN(c3ccc4nnc(C)n4n3)C2)cc1Cl. The van der Waals surface area contributed by atoms with E-state index in [1.54, 1.807) is 29.8 Å². The molecule has 0 radical (unpaired) electrons. The van der Waals surface area contributed by atoms with E-state index in [1.165, 1.54) is 0 Å². The highest BCUT2D eigenvalue weighted by molar-refractivity contribution is 6.32. The normalized spacial score (nSPS) is 17.0. The molecule has 0 saturated carbocycles. The molecular formula is C19H21ClN6O2. The summed E-state index contributed by atoms with van der Waals surface area (Å²) in [6, 6.07) is 9.04. The van der Waals surface area contributed by atoms with Gasteiger partial charge in [-0.15, -0.1) is 15.3 Å². The fraction of sp³-hybridized carbons (Fsp3) is 0.368. The van der Waals surface area contributed by atoms with Crippen LogP contribution in [0.2, 0.25) is 5.02 Å². The molecule has 9 heteroatoms. The number of methoxy groups -OCH3 is 1. The topological polar surface area (TPSA) is 84.6 Å². The van der Waals surface area contributed by atoms with Crippen molar-refractivity contribution in [2.45, 2.75) is 19.8 Å². The van der Waals surface area contributed by atoms with Gasteiger partial charge in [-0.25, -0.2) is 0 Å². The number of ether oxygens (including phenoxy) is 1. The Labute approximate surface area is 167 Å². The van der Waals surface area contributed by atoms with Gasteiger partial charge in [0.05, 0.1) is 18.1 Å². The first-order valence-electron chi connectivity index (χ1n) is 9.13. The molecule has 0 spiro atoms. The number of carbonyl (C=O) groups excluding carboxylic acids is 1. The highest BCUT2D eigenvalue weighted by Crippen LogP contribution is 2.28. The largest absolute Gasteiger partial charge is 0.495 e. The second-order valence-electron chi connectivity index (χ2n) is 6.83. The number of fused-ring (bicyclic) bond motifs is 1. The number of aromatic nitrogens is 4. The molecule has 0 unspecified atom stereocenters. The molecule has 1 N–H and O–H groups in total. The van der Waals surface area contributed by atoms with Crippen LogP contribution in [0.5, 0.6) is 5.75 Å². The zero-order valence-electron chi connectivity index (χ0n) is 15.7. The van der Waals surface area contributed by atoms with Gasteiger partial charge in [0.25, 0.3) is 0 Å². The molecule has 0 bridgehead atoms. The van der Waals surface area contributed by atoms with Gasteiger partial charge in [-0.1, -0.05) is 11.6 Å². The Morgan fingerprint density at radius 1 is 1.29 bits per heavy atom. The number of aryl methyl sites for hydroxylation is 1. The summed E-state index contributed by atoms with van der Waals surface area (Å²) in [6.07, 6.45) is 1.75. The van der Waals surface area contributed by atoms with Crippen molar-refractivity contribution in [3.63, 3.8) is 0 Å². The molecule has 28 heavy (non-hydrogen) atoms. The Balaban J connectivity index is 1.47. The van der Waals surface area contributed by atoms with Crippen LogP contribution in [-0.2, 0) is 4.79 Å². The maximum absolute atomic E-state index is 12.8. The van der Waals surface area contributed by atoms with Crippen molar-refractivity contribution in [3.05, 3.63) is 41.2 Å². The van der Waals surface area contributed by atoms with Crippen LogP contribution in [0.4, 0.5) is 11.5 Å². The van der Waals surface area contributed by atoms with Crippen molar-refractivity contribution in [1.29, 1.82) is 0 Å². The van der Waals surface area contributed by atoms with E-state index in [4.69, 9.17) is 16.3 Å². The summed E-state index contributed by atoms with van der Waals surface area (Å²) in [4.78, 5) is 14.9. The van der Waals surface area contributed by atoms with Crippen LogP contribution in [-0.4, -0.2) is 45.9 Å². The van der Waals surface area contributed by atoms with Crippen molar-refractivity contribution >= 4 is 34.7 Å². The van der Waals surface area contributed by atoms with E-state index in [0.717, 1.165) is 31.0 Å². The molecule has 1 aliphatic heterocycles. The van der Waals surface area contributed by atoms with E-state index in [9.17, 15) is 4.79 Å². The van der Waals surface area contributed by atoms with E-state index < -0.39 is 0 Å². The first-order valence-corrected chi connectivity index (χ1v) is 9.51. The maximum atomic E-state index is 12.8. The van der Waals surface area contributed by atoms with Gasteiger partial charge in [0.1, 0.15) is 11.6 Å². The van der Waals surface area contributed by atoms with E-state index in [0.29, 0.717) is 28.7 Å². The number of hydrogen-bond acceptors (Lipinski definition) is 6. The van der Waals surface area contributed by atoms with Gasteiger partial charge in [-0.3, -0.25) is 4.79 Å². The van der Waals surface area contributed by atoms with Crippen molar-refractivity contribution in [2.75, 3.05) is 30.4 Å². The van der Waals surface area contributed by atoms with Gasteiger partial charge in [0.15, 0.2) is 11.5 Å². The molecule has 1 aromatic carbocycles. The minimum absolute atomic E-state index is 0.0208. The molecule has 1 fully saturated rings. The summed E-state index contributed by atoms with van der Waals surface area (Å²) in [5.74, 6) is 1.98. The number of amides is 1. The van der Waals surface area contributed by atoms with E-state index in [1.807, 2.05) is 19.1 Å². The Kier molecular flexibility index (Phi) is 5.04. The van der Waals surface area contributed by atoms with Gasteiger partial charge >= 0.3 is 0 Å². The van der Waals surface area contributed by atoms with Crippen LogP contribution in [0.15, 0.2) is 30.3 Å². The molecule has 3 aromatic rings. The van der Waals surface area contributed by atoms with Crippen LogP contribution < -0.4 is 15.0 Å². The molecule has 4 rings (SSSR count). The number of nitrogens with zero attached hydrogens (tertiary/aromatic N) is 5. The lowest BCUT2D eigenvalue weighted by atomic mass is 9.97. The molecule has 2 aromatic heterocycles. The fourth-order valence-corrected chi connectivity index (χ4v) is 3.70. The Hall–Kier alpha value is -2.87. The lowest BCUT2D eigenvalue weighted by molar-refractivity contribution is -0.120. The Morgan fingerprint density at radius 3 is 2.93 bits per heavy atom. The summed E-state index contributed by atoms with van der Waals surface area (Å²) in [6.45, 7) is 3.33. The van der Waals surface area contributed by atoms with Crippen LogP contribution in [0.3, 0.4) is 0 Å². The maximum Gasteiger partial charge on any atom is 0.229 e. The van der Waals surface area contributed by atoms with Crippen molar-refractivity contribution in [2.24, 2.45) is 5.92 Å². The molecule has 146 valence electrons. The highest BCUT2D eigenvalue weighted by atomic mass is 35.5. The minimum atomic E-state index is -0.130. The first kappa shape index (κ1) is 18.5. The van der Waals surface area contributed by atoms with Crippen molar-refractivity contribution in [1.82, 2.24) is 19.8 Å². The summed E-state index contributed by atoms with van der Waals surface area (Å²) < 4.78 is 6.87. The van der Waals surface area contributed by atoms with Gasteiger partial charge in [-0.2, -0.15) is 4.52 Å². The van der Waals surface area contributed by atoms with Crippen LogP contribution in [0.25, 0.3) is 5.65 Å². The molecule has 1 aliphatic rings. The summed E-state index contributed by atoms with van der Waals surface area (Å²) >= 11 is 6.15. The van der Waals surface area contributed by atoms with Crippen LogP contribution in [0, 0.1) is 12.8 Å². The number of hydrogen-bond donors (Lipinski definition) is 1. The predicted octanol–water partition coefficient (Wildman–Crippen LogP) is 2.95. The van der Waals surface area contributed by atoms with Crippen LogP contribution >= 0.6 is 11.6 Å². The van der Waals surface area contributed by atoms with Crippen molar-refractivity contribution in [3.8, 4) is 5.75 Å². The number of anilines is 2. The third-order valence-electron chi connectivity index (χ3n) is 4.94. The summed E-state index contributed by atoms with van der Waals surface area (Å²) in [7, 11) is 1.56. The monoisotopic (exact) mass is 400 g/mol. The van der Waals surface area contributed by atoms with Crippen molar-refractivity contribution < 1.29 is 9.53 Å². The zero-order valence-corrected chi connectivity index (χ0v) is 16.5.